The fourth-order valence-electron chi connectivity index (χ4n) is 2.48. The number of halogens is 2. The van der Waals surface area contributed by atoms with Crippen LogP contribution in [0.1, 0.15) is 29.8 Å². The van der Waals surface area contributed by atoms with Crippen molar-refractivity contribution in [3.63, 3.8) is 0 Å². The monoisotopic (exact) mass is 428 g/mol. The van der Waals surface area contributed by atoms with Crippen molar-refractivity contribution in [1.29, 1.82) is 0 Å². The predicted molar refractivity (Wildman–Crippen MR) is 103 cm³/mol. The molecule has 0 saturated carbocycles. The number of carbonyl (C=O) groups excluding carboxylic acids is 1. The lowest BCUT2D eigenvalue weighted by atomic mass is 10.1. The summed E-state index contributed by atoms with van der Waals surface area (Å²) in [6.07, 6.45) is 0. The van der Waals surface area contributed by atoms with Crippen LogP contribution in [0, 0.1) is 0 Å². The highest BCUT2D eigenvalue weighted by molar-refractivity contribution is 7.89. The lowest BCUT2D eigenvalue weighted by Crippen LogP contribution is -2.30. The van der Waals surface area contributed by atoms with Crippen LogP contribution in [-0.2, 0) is 16.6 Å². The third-order valence-corrected chi connectivity index (χ3v) is 5.35. The molecule has 0 heterocycles. The van der Waals surface area contributed by atoms with Crippen LogP contribution in [-0.4, -0.2) is 34.1 Å². The summed E-state index contributed by atoms with van der Waals surface area (Å²) < 4.78 is 61.1. The molecule has 0 spiro atoms. The molecule has 0 aromatic heterocycles. The zero-order valence-electron chi connectivity index (χ0n) is 16.1. The van der Waals surface area contributed by atoms with E-state index in [9.17, 15) is 22.0 Å². The minimum absolute atomic E-state index is 0.0194. The first kappa shape index (κ1) is 22.6. The van der Waals surface area contributed by atoms with E-state index in [4.69, 9.17) is 4.74 Å². The second-order valence-corrected chi connectivity index (χ2v) is 8.06. The largest absolute Gasteiger partial charge is 0.493 e. The molecule has 2 rings (SSSR count). The van der Waals surface area contributed by atoms with E-state index in [2.05, 4.69) is 14.8 Å². The molecule has 1 amide bonds. The van der Waals surface area contributed by atoms with Gasteiger partial charge in [-0.05, 0) is 49.7 Å². The third-order valence-electron chi connectivity index (χ3n) is 3.69. The van der Waals surface area contributed by atoms with Crippen LogP contribution < -0.4 is 19.5 Å². The van der Waals surface area contributed by atoms with E-state index in [1.165, 1.54) is 49.6 Å². The van der Waals surface area contributed by atoms with Crippen LogP contribution in [0.5, 0.6) is 11.5 Å². The van der Waals surface area contributed by atoms with Crippen LogP contribution in [0.25, 0.3) is 0 Å². The van der Waals surface area contributed by atoms with Gasteiger partial charge in [-0.3, -0.25) is 4.79 Å². The van der Waals surface area contributed by atoms with Crippen molar-refractivity contribution in [2.45, 2.75) is 37.9 Å². The lowest BCUT2D eigenvalue weighted by Gasteiger charge is -2.12. The van der Waals surface area contributed by atoms with Crippen molar-refractivity contribution in [2.75, 3.05) is 7.11 Å². The average molecular weight is 428 g/mol. The smallest absolute Gasteiger partial charge is 0.387 e. The highest BCUT2D eigenvalue weighted by Crippen LogP contribution is 2.29. The number of sulfonamides is 1. The van der Waals surface area contributed by atoms with E-state index in [0.717, 1.165) is 0 Å². The highest BCUT2D eigenvalue weighted by atomic mass is 32.2. The summed E-state index contributed by atoms with van der Waals surface area (Å²) in [6, 6.07) is 9.64. The molecule has 2 aromatic carbocycles. The molecule has 0 bridgehead atoms. The van der Waals surface area contributed by atoms with Crippen LogP contribution in [0.15, 0.2) is 47.4 Å². The van der Waals surface area contributed by atoms with Gasteiger partial charge in [0.2, 0.25) is 10.0 Å². The number of benzene rings is 2. The Morgan fingerprint density at radius 2 is 1.83 bits per heavy atom. The van der Waals surface area contributed by atoms with Gasteiger partial charge in [-0.2, -0.15) is 8.78 Å². The summed E-state index contributed by atoms with van der Waals surface area (Å²) in [7, 11) is -2.42. The summed E-state index contributed by atoms with van der Waals surface area (Å²) in [4.78, 5) is 12.4. The molecule has 2 N–H and O–H groups in total. The normalized spacial score (nSPS) is 11.6. The summed E-state index contributed by atoms with van der Waals surface area (Å²) in [5, 5.41) is 2.65. The maximum Gasteiger partial charge on any atom is 0.387 e. The van der Waals surface area contributed by atoms with Gasteiger partial charge in [0.1, 0.15) is 0 Å². The summed E-state index contributed by atoms with van der Waals surface area (Å²) in [5.41, 5.74) is 0.753. The molecule has 7 nitrogen and oxygen atoms in total. The minimum atomic E-state index is -3.73. The average Bonchev–Trinajstić information content (AvgIpc) is 2.65. The van der Waals surface area contributed by atoms with Gasteiger partial charge in [-0.25, -0.2) is 13.1 Å². The molecule has 0 aliphatic heterocycles. The fourth-order valence-corrected chi connectivity index (χ4v) is 3.78. The fraction of sp³-hybridized carbons (Fsp3) is 0.316. The second kappa shape index (κ2) is 9.66. The summed E-state index contributed by atoms with van der Waals surface area (Å²) in [5.74, 6) is -0.503. The highest BCUT2D eigenvalue weighted by Gasteiger charge is 2.17. The molecule has 10 heteroatoms. The first-order valence-electron chi connectivity index (χ1n) is 8.64. The molecule has 2 aromatic rings. The molecule has 0 unspecified atom stereocenters. The van der Waals surface area contributed by atoms with E-state index in [0.29, 0.717) is 5.56 Å². The van der Waals surface area contributed by atoms with Gasteiger partial charge >= 0.3 is 6.61 Å². The van der Waals surface area contributed by atoms with Crippen LogP contribution in [0.4, 0.5) is 8.78 Å². The predicted octanol–water partition coefficient (Wildman–Crippen LogP) is 2.91. The number of alkyl halides is 2. The first-order valence-corrected chi connectivity index (χ1v) is 10.1. The maximum absolute atomic E-state index is 12.4. The molecule has 0 atom stereocenters. The maximum atomic E-state index is 12.4. The molecule has 0 saturated heterocycles. The Morgan fingerprint density at radius 1 is 1.10 bits per heavy atom. The zero-order chi connectivity index (χ0) is 21.6. The van der Waals surface area contributed by atoms with Gasteiger partial charge in [-0.1, -0.05) is 12.1 Å². The quantitative estimate of drug-likeness (QED) is 0.641. The van der Waals surface area contributed by atoms with Gasteiger partial charge in [0.15, 0.2) is 11.5 Å². The Morgan fingerprint density at radius 3 is 2.45 bits per heavy atom. The molecule has 0 aliphatic rings. The van der Waals surface area contributed by atoms with Gasteiger partial charge in [0, 0.05) is 18.2 Å². The Hall–Kier alpha value is -2.72. The number of carbonyl (C=O) groups is 1. The number of hydrogen-bond acceptors (Lipinski definition) is 5. The molecule has 0 aliphatic carbocycles. The standard InChI is InChI=1S/C19H22F2N2O5S/c1-12(2)23-29(25,26)15-6-4-5-14(10-15)18(24)22-11-13-7-8-16(28-19(20)21)17(9-13)27-3/h4-10,12,19,23H,11H2,1-3H3,(H,22,24). The Bertz CT molecular complexity index is 965. The Kier molecular flexibility index (Phi) is 7.52. The summed E-state index contributed by atoms with van der Waals surface area (Å²) in [6.45, 7) is 0.481. The SMILES string of the molecule is COc1cc(CNC(=O)c2cccc(S(=O)(=O)NC(C)C)c2)ccc1OC(F)F. The van der Waals surface area contributed by atoms with Gasteiger partial charge in [0.05, 0.1) is 12.0 Å². The van der Waals surface area contributed by atoms with Gasteiger partial charge < -0.3 is 14.8 Å². The molecule has 0 fully saturated rings. The van der Waals surface area contributed by atoms with E-state index in [1.54, 1.807) is 13.8 Å². The van der Waals surface area contributed by atoms with E-state index in [-0.39, 0.29) is 34.5 Å². The molecular formula is C19H22F2N2O5S. The topological polar surface area (TPSA) is 93.7 Å². The van der Waals surface area contributed by atoms with Crippen molar-refractivity contribution in [3.8, 4) is 11.5 Å². The van der Waals surface area contributed by atoms with Gasteiger partial charge in [-0.15, -0.1) is 0 Å². The lowest BCUT2D eigenvalue weighted by molar-refractivity contribution is -0.0512. The molecule has 0 radical (unpaired) electrons. The number of methoxy groups -OCH3 is 1. The Balaban J connectivity index is 2.11. The third kappa shape index (κ3) is 6.40. The van der Waals surface area contributed by atoms with Gasteiger partial charge in [0.25, 0.3) is 5.91 Å². The number of ether oxygens (including phenoxy) is 2. The van der Waals surface area contributed by atoms with Crippen molar-refractivity contribution < 1.29 is 31.5 Å². The van der Waals surface area contributed by atoms with Crippen LogP contribution in [0.2, 0.25) is 0 Å². The van der Waals surface area contributed by atoms with Crippen molar-refractivity contribution in [1.82, 2.24) is 10.0 Å². The summed E-state index contributed by atoms with van der Waals surface area (Å²) >= 11 is 0. The van der Waals surface area contributed by atoms with E-state index >= 15 is 0 Å². The van der Waals surface area contributed by atoms with Crippen LogP contribution in [0.3, 0.4) is 0 Å². The number of nitrogens with one attached hydrogen (secondary N) is 2. The molecule has 158 valence electrons. The molecule has 29 heavy (non-hydrogen) atoms. The number of hydrogen-bond donors (Lipinski definition) is 2. The number of rotatable bonds is 9. The second-order valence-electron chi connectivity index (χ2n) is 6.35. The van der Waals surface area contributed by atoms with Crippen molar-refractivity contribution in [2.24, 2.45) is 0 Å². The van der Waals surface area contributed by atoms with Crippen molar-refractivity contribution >= 4 is 15.9 Å². The van der Waals surface area contributed by atoms with E-state index < -0.39 is 22.5 Å². The zero-order valence-corrected chi connectivity index (χ0v) is 16.9. The Labute approximate surface area is 168 Å². The van der Waals surface area contributed by atoms with E-state index in [1.807, 2.05) is 0 Å². The molecular weight excluding hydrogens is 406 g/mol. The first-order chi connectivity index (χ1) is 13.6. The number of amides is 1. The minimum Gasteiger partial charge on any atom is -0.493 e. The van der Waals surface area contributed by atoms with Crippen molar-refractivity contribution in [3.05, 3.63) is 53.6 Å². The van der Waals surface area contributed by atoms with Crippen LogP contribution >= 0.6 is 0 Å².